The van der Waals surface area contributed by atoms with E-state index in [1.165, 1.54) is 6.07 Å². The first kappa shape index (κ1) is 10.1. The zero-order chi connectivity index (χ0) is 11.1. The second kappa shape index (κ2) is 3.32. The van der Waals surface area contributed by atoms with Crippen molar-refractivity contribution in [2.24, 2.45) is 0 Å². The van der Waals surface area contributed by atoms with Crippen LogP contribution >= 0.6 is 0 Å². The molecule has 1 fully saturated rings. The van der Waals surface area contributed by atoms with Gasteiger partial charge in [-0.05, 0) is 24.6 Å². The maximum Gasteiger partial charge on any atom is 0.418 e. The molecule has 2 rings (SSSR count). The van der Waals surface area contributed by atoms with Gasteiger partial charge < -0.3 is 10.6 Å². The van der Waals surface area contributed by atoms with Gasteiger partial charge in [0.05, 0.1) is 5.56 Å². The molecule has 0 amide bonds. The van der Waals surface area contributed by atoms with Crippen molar-refractivity contribution in [3.63, 3.8) is 0 Å². The molecule has 15 heavy (non-hydrogen) atoms. The fourth-order valence-electron chi connectivity index (χ4n) is 1.56. The van der Waals surface area contributed by atoms with E-state index >= 15 is 0 Å². The van der Waals surface area contributed by atoms with E-state index in [1.807, 2.05) is 4.90 Å². The number of halogens is 3. The average Bonchev–Trinajstić information content (AvgIpc) is 2.03. The summed E-state index contributed by atoms with van der Waals surface area (Å²) in [6, 6.07) is 4.06. The van der Waals surface area contributed by atoms with Crippen LogP contribution in [0.15, 0.2) is 18.2 Å². The summed E-state index contributed by atoms with van der Waals surface area (Å²) in [4.78, 5) is 1.90. The van der Waals surface area contributed by atoms with Crippen LogP contribution in [0, 0.1) is 0 Å². The molecule has 0 aromatic heterocycles. The fourth-order valence-corrected chi connectivity index (χ4v) is 1.56. The zero-order valence-corrected chi connectivity index (χ0v) is 8.01. The van der Waals surface area contributed by atoms with Crippen LogP contribution in [0.25, 0.3) is 0 Å². The number of anilines is 2. The molecule has 0 radical (unpaired) electrons. The number of nitrogen functional groups attached to an aromatic ring is 1. The minimum absolute atomic E-state index is 0.216. The van der Waals surface area contributed by atoms with E-state index in [0.29, 0.717) is 5.69 Å². The smallest absolute Gasteiger partial charge is 0.398 e. The Morgan fingerprint density at radius 1 is 1.20 bits per heavy atom. The molecular formula is C10H11F3N2. The number of alkyl halides is 3. The standard InChI is InChI=1S/C10H11F3N2/c11-10(12,13)8-6-7(2-3-9(8)14)15-4-1-5-15/h2-3,6H,1,4-5,14H2. The summed E-state index contributed by atoms with van der Waals surface area (Å²) >= 11 is 0. The predicted molar refractivity (Wildman–Crippen MR) is 52.7 cm³/mol. The van der Waals surface area contributed by atoms with Gasteiger partial charge in [-0.3, -0.25) is 0 Å². The number of rotatable bonds is 1. The first-order chi connectivity index (χ1) is 6.98. The van der Waals surface area contributed by atoms with Crippen molar-refractivity contribution in [3.05, 3.63) is 23.8 Å². The lowest BCUT2D eigenvalue weighted by molar-refractivity contribution is -0.136. The molecule has 2 nitrogen and oxygen atoms in total. The molecule has 0 aliphatic carbocycles. The molecule has 1 aromatic carbocycles. The van der Waals surface area contributed by atoms with Gasteiger partial charge in [-0.2, -0.15) is 13.2 Å². The molecule has 0 bridgehead atoms. The van der Waals surface area contributed by atoms with Crippen molar-refractivity contribution in [3.8, 4) is 0 Å². The number of benzene rings is 1. The summed E-state index contributed by atoms with van der Waals surface area (Å²) in [5, 5.41) is 0. The summed E-state index contributed by atoms with van der Waals surface area (Å²) in [6.07, 6.45) is -3.34. The minimum atomic E-state index is -4.37. The van der Waals surface area contributed by atoms with Gasteiger partial charge in [-0.1, -0.05) is 0 Å². The molecular weight excluding hydrogens is 205 g/mol. The third-order valence-corrected chi connectivity index (χ3v) is 2.56. The predicted octanol–water partition coefficient (Wildman–Crippen LogP) is 2.50. The Balaban J connectivity index is 2.36. The van der Waals surface area contributed by atoms with Crippen LogP contribution in [0.4, 0.5) is 24.5 Å². The van der Waals surface area contributed by atoms with E-state index in [-0.39, 0.29) is 5.69 Å². The molecule has 1 aromatic rings. The molecule has 1 aliphatic rings. The van der Waals surface area contributed by atoms with Gasteiger partial charge >= 0.3 is 6.18 Å². The summed E-state index contributed by atoms with van der Waals surface area (Å²) in [7, 11) is 0. The summed E-state index contributed by atoms with van der Waals surface area (Å²) in [6.45, 7) is 1.64. The largest absolute Gasteiger partial charge is 0.418 e. The summed E-state index contributed by atoms with van der Waals surface area (Å²) in [5.74, 6) is 0. The van der Waals surface area contributed by atoms with Crippen molar-refractivity contribution in [2.75, 3.05) is 23.7 Å². The Hall–Kier alpha value is -1.39. The van der Waals surface area contributed by atoms with Gasteiger partial charge in [0.15, 0.2) is 0 Å². The Morgan fingerprint density at radius 3 is 2.33 bits per heavy atom. The van der Waals surface area contributed by atoms with E-state index in [1.54, 1.807) is 6.07 Å². The SMILES string of the molecule is Nc1ccc(N2CCC2)cc1C(F)(F)F. The average molecular weight is 216 g/mol. The van der Waals surface area contributed by atoms with Crippen LogP contribution in [-0.4, -0.2) is 13.1 Å². The van der Waals surface area contributed by atoms with Gasteiger partial charge in [-0.25, -0.2) is 0 Å². The Labute approximate surface area is 85.5 Å². The highest BCUT2D eigenvalue weighted by molar-refractivity contribution is 5.60. The summed E-state index contributed by atoms with van der Waals surface area (Å²) in [5.41, 5.74) is 4.94. The normalized spacial score (nSPS) is 16.3. The van der Waals surface area contributed by atoms with Crippen molar-refractivity contribution < 1.29 is 13.2 Å². The lowest BCUT2D eigenvalue weighted by atomic mass is 10.1. The van der Waals surface area contributed by atoms with Gasteiger partial charge in [0.25, 0.3) is 0 Å². The maximum absolute atomic E-state index is 12.5. The molecule has 1 saturated heterocycles. The first-order valence-electron chi connectivity index (χ1n) is 4.70. The highest BCUT2D eigenvalue weighted by Gasteiger charge is 2.33. The first-order valence-corrected chi connectivity index (χ1v) is 4.70. The molecule has 5 heteroatoms. The van der Waals surface area contributed by atoms with Crippen LogP contribution in [0.1, 0.15) is 12.0 Å². The van der Waals surface area contributed by atoms with E-state index in [0.717, 1.165) is 25.6 Å². The van der Waals surface area contributed by atoms with Crippen molar-refractivity contribution >= 4 is 11.4 Å². The van der Waals surface area contributed by atoms with Crippen molar-refractivity contribution in [1.82, 2.24) is 0 Å². The highest BCUT2D eigenvalue weighted by Crippen LogP contribution is 2.36. The quantitative estimate of drug-likeness (QED) is 0.731. The van der Waals surface area contributed by atoms with Crippen LogP contribution in [-0.2, 0) is 6.18 Å². The second-order valence-electron chi connectivity index (χ2n) is 3.61. The topological polar surface area (TPSA) is 29.3 Å². The molecule has 2 N–H and O–H groups in total. The van der Waals surface area contributed by atoms with E-state index in [9.17, 15) is 13.2 Å². The van der Waals surface area contributed by atoms with Crippen LogP contribution in [0.2, 0.25) is 0 Å². The van der Waals surface area contributed by atoms with Crippen LogP contribution in [0.3, 0.4) is 0 Å². The lowest BCUT2D eigenvalue weighted by Gasteiger charge is -2.33. The molecule has 0 atom stereocenters. The van der Waals surface area contributed by atoms with E-state index in [2.05, 4.69) is 0 Å². The number of nitrogens with two attached hydrogens (primary N) is 1. The molecule has 0 unspecified atom stereocenters. The third kappa shape index (κ3) is 1.86. The monoisotopic (exact) mass is 216 g/mol. The lowest BCUT2D eigenvalue weighted by Crippen LogP contribution is -2.37. The fraction of sp³-hybridized carbons (Fsp3) is 0.400. The number of hydrogen-bond acceptors (Lipinski definition) is 2. The van der Waals surface area contributed by atoms with Gasteiger partial charge in [-0.15, -0.1) is 0 Å². The van der Waals surface area contributed by atoms with Gasteiger partial charge in [0.2, 0.25) is 0 Å². The Kier molecular flexibility index (Phi) is 2.25. The number of nitrogens with zero attached hydrogens (tertiary/aromatic N) is 1. The molecule has 1 heterocycles. The molecule has 82 valence electrons. The van der Waals surface area contributed by atoms with Crippen molar-refractivity contribution in [2.45, 2.75) is 12.6 Å². The van der Waals surface area contributed by atoms with E-state index < -0.39 is 11.7 Å². The Bertz CT molecular complexity index is 369. The highest BCUT2D eigenvalue weighted by atomic mass is 19.4. The third-order valence-electron chi connectivity index (χ3n) is 2.56. The van der Waals surface area contributed by atoms with Gasteiger partial charge in [0.1, 0.15) is 0 Å². The van der Waals surface area contributed by atoms with Gasteiger partial charge in [0, 0.05) is 24.5 Å². The molecule has 1 aliphatic heterocycles. The second-order valence-corrected chi connectivity index (χ2v) is 3.61. The van der Waals surface area contributed by atoms with Crippen molar-refractivity contribution in [1.29, 1.82) is 0 Å². The summed E-state index contributed by atoms with van der Waals surface area (Å²) < 4.78 is 37.5. The molecule has 0 saturated carbocycles. The number of hydrogen-bond donors (Lipinski definition) is 1. The zero-order valence-electron chi connectivity index (χ0n) is 8.01. The minimum Gasteiger partial charge on any atom is -0.398 e. The molecule has 0 spiro atoms. The van der Waals surface area contributed by atoms with E-state index in [4.69, 9.17) is 5.73 Å². The van der Waals surface area contributed by atoms with Crippen LogP contribution in [0.5, 0.6) is 0 Å². The maximum atomic E-state index is 12.5. The Morgan fingerprint density at radius 2 is 1.87 bits per heavy atom. The van der Waals surface area contributed by atoms with Crippen LogP contribution < -0.4 is 10.6 Å².